The predicted molar refractivity (Wildman–Crippen MR) is 70.8 cm³/mol. The van der Waals surface area contributed by atoms with E-state index in [2.05, 4.69) is 28.0 Å². The maximum Gasteiger partial charge on any atom is 0.233 e. The van der Waals surface area contributed by atoms with E-state index in [-0.39, 0.29) is 5.91 Å². The van der Waals surface area contributed by atoms with E-state index in [1.54, 1.807) is 0 Å². The van der Waals surface area contributed by atoms with Gasteiger partial charge in [-0.05, 0) is 53.6 Å². The largest absolute Gasteiger partial charge is 0.494 e. The Kier molecular flexibility index (Phi) is 6.17. The summed E-state index contributed by atoms with van der Waals surface area (Å²) in [6, 6.07) is 7.87. The molecule has 0 spiro atoms. The molecule has 3 N–H and O–H groups in total. The van der Waals surface area contributed by atoms with E-state index in [0.29, 0.717) is 13.0 Å². The highest BCUT2D eigenvalue weighted by molar-refractivity contribution is 14.1. The Labute approximate surface area is 109 Å². The molecule has 0 radical (unpaired) electrons. The third-order valence-electron chi connectivity index (χ3n) is 2.02. The maximum atomic E-state index is 10.8. The molecular weight excluding hydrogens is 319 g/mol. The number of hydrazine groups is 1. The number of carbonyl (C=O) groups is 1. The summed E-state index contributed by atoms with van der Waals surface area (Å²) in [5.41, 5.74) is 2.10. The molecule has 1 aromatic carbocycles. The van der Waals surface area contributed by atoms with E-state index >= 15 is 0 Å². The van der Waals surface area contributed by atoms with Crippen molar-refractivity contribution in [1.29, 1.82) is 0 Å². The first-order chi connectivity index (χ1) is 7.72. The van der Waals surface area contributed by atoms with Gasteiger partial charge in [0.05, 0.1) is 6.61 Å². The molecule has 0 atom stereocenters. The monoisotopic (exact) mass is 334 g/mol. The van der Waals surface area contributed by atoms with Gasteiger partial charge in [0, 0.05) is 9.99 Å². The van der Waals surface area contributed by atoms with Crippen molar-refractivity contribution in [1.82, 2.24) is 5.43 Å². The SMILES string of the molecule is NNC(=O)CCCCOc1cccc(I)c1. The maximum absolute atomic E-state index is 10.8. The molecule has 0 aliphatic heterocycles. The van der Waals surface area contributed by atoms with Gasteiger partial charge in [0.1, 0.15) is 5.75 Å². The molecule has 1 amide bonds. The zero-order valence-electron chi connectivity index (χ0n) is 8.91. The molecule has 1 aromatic rings. The average molecular weight is 334 g/mol. The van der Waals surface area contributed by atoms with Crippen LogP contribution in [0.2, 0.25) is 0 Å². The predicted octanol–water partition coefficient (Wildman–Crippen LogP) is 1.83. The van der Waals surface area contributed by atoms with Gasteiger partial charge >= 0.3 is 0 Å². The van der Waals surface area contributed by atoms with Gasteiger partial charge < -0.3 is 4.74 Å². The van der Waals surface area contributed by atoms with E-state index < -0.39 is 0 Å². The molecule has 0 heterocycles. The average Bonchev–Trinajstić information content (AvgIpc) is 2.28. The molecule has 5 heteroatoms. The molecule has 88 valence electrons. The standard InChI is InChI=1S/C11H15IN2O2/c12-9-4-3-5-10(8-9)16-7-2-1-6-11(15)14-13/h3-5,8H,1-2,6-7,13H2,(H,14,15). The van der Waals surface area contributed by atoms with Crippen LogP contribution in [-0.2, 0) is 4.79 Å². The molecule has 0 saturated heterocycles. The van der Waals surface area contributed by atoms with Gasteiger partial charge in [0.25, 0.3) is 0 Å². The molecular formula is C11H15IN2O2. The van der Waals surface area contributed by atoms with E-state index in [1.807, 2.05) is 24.3 Å². The number of nitrogens with two attached hydrogens (primary N) is 1. The number of unbranched alkanes of at least 4 members (excludes halogenated alkanes) is 1. The van der Waals surface area contributed by atoms with Gasteiger partial charge in [0.2, 0.25) is 5.91 Å². The third kappa shape index (κ3) is 5.32. The molecule has 0 aliphatic rings. The first-order valence-electron chi connectivity index (χ1n) is 5.10. The number of rotatable bonds is 6. The summed E-state index contributed by atoms with van der Waals surface area (Å²) in [5.74, 6) is 5.70. The van der Waals surface area contributed by atoms with Crippen molar-refractivity contribution in [2.24, 2.45) is 5.84 Å². The number of hydrogen-bond donors (Lipinski definition) is 2. The van der Waals surface area contributed by atoms with Gasteiger partial charge in [-0.2, -0.15) is 0 Å². The van der Waals surface area contributed by atoms with Gasteiger partial charge in [-0.15, -0.1) is 0 Å². The normalized spacial score (nSPS) is 9.88. The van der Waals surface area contributed by atoms with Crippen LogP contribution in [0.3, 0.4) is 0 Å². The van der Waals surface area contributed by atoms with E-state index in [0.717, 1.165) is 22.2 Å². The van der Waals surface area contributed by atoms with Crippen molar-refractivity contribution in [3.8, 4) is 5.75 Å². The van der Waals surface area contributed by atoms with Crippen LogP contribution in [-0.4, -0.2) is 12.5 Å². The smallest absolute Gasteiger partial charge is 0.233 e. The summed E-state index contributed by atoms with van der Waals surface area (Å²) in [6.45, 7) is 0.623. The second kappa shape index (κ2) is 7.45. The number of halogens is 1. The Morgan fingerprint density at radius 3 is 2.94 bits per heavy atom. The minimum atomic E-state index is -0.130. The highest BCUT2D eigenvalue weighted by Gasteiger charge is 1.98. The molecule has 0 aromatic heterocycles. The highest BCUT2D eigenvalue weighted by atomic mass is 127. The van der Waals surface area contributed by atoms with Gasteiger partial charge in [-0.1, -0.05) is 6.07 Å². The fourth-order valence-electron chi connectivity index (χ4n) is 1.21. The van der Waals surface area contributed by atoms with E-state index in [1.165, 1.54) is 0 Å². The Morgan fingerprint density at radius 1 is 1.44 bits per heavy atom. The van der Waals surface area contributed by atoms with Gasteiger partial charge in [0.15, 0.2) is 0 Å². The van der Waals surface area contributed by atoms with Gasteiger partial charge in [-0.3, -0.25) is 10.2 Å². The zero-order valence-corrected chi connectivity index (χ0v) is 11.1. The Hall–Kier alpha value is -0.820. The molecule has 1 rings (SSSR count). The first-order valence-corrected chi connectivity index (χ1v) is 6.18. The number of benzene rings is 1. The second-order valence-electron chi connectivity index (χ2n) is 3.33. The number of hydrogen-bond acceptors (Lipinski definition) is 3. The lowest BCUT2D eigenvalue weighted by atomic mass is 10.2. The fraction of sp³-hybridized carbons (Fsp3) is 0.364. The molecule has 0 saturated carbocycles. The van der Waals surface area contributed by atoms with Crippen molar-refractivity contribution in [2.45, 2.75) is 19.3 Å². The van der Waals surface area contributed by atoms with Crippen molar-refractivity contribution < 1.29 is 9.53 Å². The van der Waals surface area contributed by atoms with Crippen molar-refractivity contribution in [3.05, 3.63) is 27.8 Å². The van der Waals surface area contributed by atoms with Crippen LogP contribution in [0.25, 0.3) is 0 Å². The van der Waals surface area contributed by atoms with Crippen LogP contribution >= 0.6 is 22.6 Å². The number of carbonyl (C=O) groups excluding carboxylic acids is 1. The zero-order chi connectivity index (χ0) is 11.8. The van der Waals surface area contributed by atoms with E-state index in [9.17, 15) is 4.79 Å². The number of ether oxygens (including phenoxy) is 1. The molecule has 0 aliphatic carbocycles. The summed E-state index contributed by atoms with van der Waals surface area (Å²) in [7, 11) is 0. The Balaban J connectivity index is 2.14. The summed E-state index contributed by atoms with van der Waals surface area (Å²) in [5, 5.41) is 0. The minimum absolute atomic E-state index is 0.130. The Morgan fingerprint density at radius 2 is 2.25 bits per heavy atom. The van der Waals surface area contributed by atoms with Crippen LogP contribution in [0, 0.1) is 3.57 Å². The topological polar surface area (TPSA) is 64.3 Å². The molecule has 0 unspecified atom stereocenters. The fourth-order valence-corrected chi connectivity index (χ4v) is 1.72. The summed E-state index contributed by atoms with van der Waals surface area (Å²) >= 11 is 2.24. The summed E-state index contributed by atoms with van der Waals surface area (Å²) in [6.07, 6.45) is 2.08. The van der Waals surface area contributed by atoms with Crippen LogP contribution < -0.4 is 16.0 Å². The lowest BCUT2D eigenvalue weighted by Gasteiger charge is -2.05. The lowest BCUT2D eigenvalue weighted by Crippen LogP contribution is -2.29. The lowest BCUT2D eigenvalue weighted by molar-refractivity contribution is -0.121. The minimum Gasteiger partial charge on any atom is -0.494 e. The highest BCUT2D eigenvalue weighted by Crippen LogP contribution is 2.15. The number of nitrogens with one attached hydrogen (secondary N) is 1. The van der Waals surface area contributed by atoms with Crippen LogP contribution in [0.15, 0.2) is 24.3 Å². The van der Waals surface area contributed by atoms with Crippen LogP contribution in [0.4, 0.5) is 0 Å². The van der Waals surface area contributed by atoms with Gasteiger partial charge in [-0.25, -0.2) is 5.84 Å². The molecule has 0 fully saturated rings. The van der Waals surface area contributed by atoms with Crippen LogP contribution in [0.1, 0.15) is 19.3 Å². The number of amides is 1. The second-order valence-corrected chi connectivity index (χ2v) is 4.58. The quantitative estimate of drug-likeness (QED) is 0.274. The summed E-state index contributed by atoms with van der Waals surface area (Å²) < 4.78 is 6.69. The summed E-state index contributed by atoms with van der Waals surface area (Å²) in [4.78, 5) is 10.8. The van der Waals surface area contributed by atoms with E-state index in [4.69, 9.17) is 10.6 Å². The molecule has 4 nitrogen and oxygen atoms in total. The molecule has 16 heavy (non-hydrogen) atoms. The molecule has 0 bridgehead atoms. The first kappa shape index (κ1) is 13.2. The van der Waals surface area contributed by atoms with Crippen molar-refractivity contribution >= 4 is 28.5 Å². The van der Waals surface area contributed by atoms with Crippen molar-refractivity contribution in [2.75, 3.05) is 6.61 Å². The van der Waals surface area contributed by atoms with Crippen molar-refractivity contribution in [3.63, 3.8) is 0 Å². The Bertz CT molecular complexity index is 345. The third-order valence-corrected chi connectivity index (χ3v) is 2.69. The van der Waals surface area contributed by atoms with Crippen LogP contribution in [0.5, 0.6) is 5.75 Å².